The summed E-state index contributed by atoms with van der Waals surface area (Å²) in [7, 11) is 1.76. The van der Waals surface area contributed by atoms with Crippen molar-refractivity contribution in [2.24, 2.45) is 0 Å². The quantitative estimate of drug-likeness (QED) is 0.589. The van der Waals surface area contributed by atoms with Gasteiger partial charge in [-0.15, -0.1) is 0 Å². The van der Waals surface area contributed by atoms with E-state index in [1.807, 2.05) is 48.5 Å². The van der Waals surface area contributed by atoms with Crippen molar-refractivity contribution in [2.45, 2.75) is 45.4 Å². The van der Waals surface area contributed by atoms with Gasteiger partial charge in [0.05, 0.1) is 5.69 Å². The molecule has 0 unspecified atom stereocenters. The maximum Gasteiger partial charge on any atom is 0.264 e. The second kappa shape index (κ2) is 7.98. The second-order valence-electron chi connectivity index (χ2n) is 8.85. The lowest BCUT2D eigenvalue weighted by atomic mass is 9.87. The number of carbonyl (C=O) groups excluding carboxylic acids is 1. The van der Waals surface area contributed by atoms with Crippen LogP contribution in [-0.4, -0.2) is 24.7 Å². The topological polar surface area (TPSA) is 55.6 Å². The van der Waals surface area contributed by atoms with Crippen molar-refractivity contribution < 1.29 is 14.1 Å². The van der Waals surface area contributed by atoms with Crippen molar-refractivity contribution >= 4 is 11.6 Å². The summed E-state index contributed by atoms with van der Waals surface area (Å²) >= 11 is 0. The molecule has 3 aromatic rings. The predicted octanol–water partition coefficient (Wildman–Crippen LogP) is 5.17. The standard InChI is InChI=1S/C25H28N2O3/c1-25(2,3)18-10-14-20(15-11-18)29-16-23(28)27(4)19-12-8-17(9-13-19)24-21-6-5-7-22(21)26-30-24/h8-15H,5-7,16H2,1-4H3. The van der Waals surface area contributed by atoms with Gasteiger partial charge in [0.2, 0.25) is 0 Å². The number of amides is 1. The van der Waals surface area contributed by atoms with E-state index in [0.717, 1.165) is 42.0 Å². The van der Waals surface area contributed by atoms with Crippen molar-refractivity contribution in [3.8, 4) is 17.1 Å². The molecular formula is C25H28N2O3. The van der Waals surface area contributed by atoms with Gasteiger partial charge in [0, 0.05) is 23.9 Å². The largest absolute Gasteiger partial charge is 0.484 e. The van der Waals surface area contributed by atoms with Crippen molar-refractivity contribution in [3.63, 3.8) is 0 Å². The van der Waals surface area contributed by atoms with Gasteiger partial charge in [0.15, 0.2) is 12.4 Å². The number of nitrogens with zero attached hydrogens (tertiary/aromatic N) is 2. The lowest BCUT2D eigenvalue weighted by molar-refractivity contribution is -0.120. The fourth-order valence-electron chi connectivity index (χ4n) is 3.73. The number of hydrogen-bond donors (Lipinski definition) is 0. The SMILES string of the molecule is CN(C(=O)COc1ccc(C(C)(C)C)cc1)c1ccc(-c2onc3c2CCC3)cc1. The number of anilines is 1. The molecule has 5 heteroatoms. The summed E-state index contributed by atoms with van der Waals surface area (Å²) in [6.45, 7) is 6.50. The van der Waals surface area contributed by atoms with E-state index in [1.165, 1.54) is 11.1 Å². The Labute approximate surface area is 177 Å². The third-order valence-electron chi connectivity index (χ3n) is 5.68. The maximum absolute atomic E-state index is 12.6. The minimum Gasteiger partial charge on any atom is -0.484 e. The van der Waals surface area contributed by atoms with E-state index < -0.39 is 0 Å². The van der Waals surface area contributed by atoms with Gasteiger partial charge in [-0.1, -0.05) is 38.1 Å². The highest BCUT2D eigenvalue weighted by molar-refractivity contribution is 5.94. The molecule has 0 radical (unpaired) electrons. The summed E-state index contributed by atoms with van der Waals surface area (Å²) in [6.07, 6.45) is 3.14. The highest BCUT2D eigenvalue weighted by Crippen LogP contribution is 2.33. The average molecular weight is 405 g/mol. The fourth-order valence-corrected chi connectivity index (χ4v) is 3.73. The number of benzene rings is 2. The first kappa shape index (κ1) is 20.2. The Bertz CT molecular complexity index is 1030. The van der Waals surface area contributed by atoms with Crippen LogP contribution >= 0.6 is 0 Å². The van der Waals surface area contributed by atoms with Crippen LogP contribution in [0.15, 0.2) is 53.1 Å². The van der Waals surface area contributed by atoms with E-state index in [1.54, 1.807) is 11.9 Å². The normalized spacial score (nSPS) is 13.2. The Kier molecular flexibility index (Phi) is 5.37. The first-order valence-electron chi connectivity index (χ1n) is 10.4. The van der Waals surface area contributed by atoms with E-state index in [-0.39, 0.29) is 17.9 Å². The minimum atomic E-state index is -0.108. The molecule has 1 aliphatic carbocycles. The molecule has 30 heavy (non-hydrogen) atoms. The number of rotatable bonds is 5. The van der Waals surface area contributed by atoms with Gasteiger partial charge >= 0.3 is 0 Å². The third-order valence-corrected chi connectivity index (χ3v) is 5.68. The van der Waals surface area contributed by atoms with Gasteiger partial charge < -0.3 is 14.2 Å². The number of ether oxygens (including phenoxy) is 1. The molecule has 0 atom stereocenters. The molecule has 0 saturated carbocycles. The number of aromatic nitrogens is 1. The maximum atomic E-state index is 12.6. The fraction of sp³-hybridized carbons (Fsp3) is 0.360. The minimum absolute atomic E-state index is 0.0112. The summed E-state index contributed by atoms with van der Waals surface area (Å²) in [4.78, 5) is 14.2. The Morgan fingerprint density at radius 1 is 1.07 bits per heavy atom. The Balaban J connectivity index is 1.38. The van der Waals surface area contributed by atoms with Crippen molar-refractivity contribution in [1.82, 2.24) is 5.16 Å². The molecule has 0 saturated heterocycles. The van der Waals surface area contributed by atoms with Gasteiger partial charge in [0.25, 0.3) is 5.91 Å². The van der Waals surface area contributed by atoms with Gasteiger partial charge in [-0.05, 0) is 66.6 Å². The lowest BCUT2D eigenvalue weighted by Crippen LogP contribution is -2.31. The van der Waals surface area contributed by atoms with E-state index >= 15 is 0 Å². The van der Waals surface area contributed by atoms with Gasteiger partial charge in [-0.2, -0.15) is 0 Å². The number of fused-ring (bicyclic) bond motifs is 1. The van der Waals surface area contributed by atoms with Crippen LogP contribution in [-0.2, 0) is 23.1 Å². The number of hydrogen-bond acceptors (Lipinski definition) is 4. The summed E-state index contributed by atoms with van der Waals surface area (Å²) < 4.78 is 11.2. The molecule has 0 N–H and O–H groups in total. The molecule has 0 aliphatic heterocycles. The summed E-state index contributed by atoms with van der Waals surface area (Å²) in [5, 5.41) is 4.17. The number of carbonyl (C=O) groups is 1. The molecule has 0 spiro atoms. The van der Waals surface area contributed by atoms with E-state index in [2.05, 4.69) is 25.9 Å². The highest BCUT2D eigenvalue weighted by Gasteiger charge is 2.22. The Hall–Kier alpha value is -3.08. The van der Waals surface area contributed by atoms with Crippen LogP contribution < -0.4 is 9.64 Å². The zero-order chi connectivity index (χ0) is 21.3. The van der Waals surface area contributed by atoms with Crippen molar-refractivity contribution in [2.75, 3.05) is 18.6 Å². The van der Waals surface area contributed by atoms with Crippen LogP contribution in [0.1, 0.15) is 44.0 Å². The second-order valence-corrected chi connectivity index (χ2v) is 8.85. The monoisotopic (exact) mass is 404 g/mol. The smallest absolute Gasteiger partial charge is 0.264 e. The third kappa shape index (κ3) is 4.11. The molecule has 1 heterocycles. The molecular weight excluding hydrogens is 376 g/mol. The molecule has 0 fully saturated rings. The predicted molar refractivity (Wildman–Crippen MR) is 118 cm³/mol. The van der Waals surface area contributed by atoms with Crippen LogP contribution in [0.25, 0.3) is 11.3 Å². The molecule has 5 nitrogen and oxygen atoms in total. The molecule has 4 rings (SSSR count). The van der Waals surface area contributed by atoms with E-state index in [0.29, 0.717) is 5.75 Å². The van der Waals surface area contributed by atoms with E-state index in [4.69, 9.17) is 9.26 Å². The number of likely N-dealkylation sites (N-methyl/N-ethyl adjacent to an activating group) is 1. The van der Waals surface area contributed by atoms with Crippen LogP contribution in [0.4, 0.5) is 5.69 Å². The van der Waals surface area contributed by atoms with Gasteiger partial charge in [-0.25, -0.2) is 0 Å². The molecule has 1 aromatic heterocycles. The summed E-state index contributed by atoms with van der Waals surface area (Å²) in [5.41, 5.74) is 5.42. The van der Waals surface area contributed by atoms with Crippen molar-refractivity contribution in [1.29, 1.82) is 0 Å². The van der Waals surface area contributed by atoms with Crippen LogP contribution in [0, 0.1) is 0 Å². The van der Waals surface area contributed by atoms with Gasteiger partial charge in [0.1, 0.15) is 5.75 Å². The molecule has 0 bridgehead atoms. The molecule has 1 aliphatic rings. The first-order chi connectivity index (χ1) is 14.3. The van der Waals surface area contributed by atoms with Crippen LogP contribution in [0.3, 0.4) is 0 Å². The first-order valence-corrected chi connectivity index (χ1v) is 10.4. The zero-order valence-electron chi connectivity index (χ0n) is 18.1. The van der Waals surface area contributed by atoms with Crippen LogP contribution in [0.5, 0.6) is 5.75 Å². The Morgan fingerprint density at radius 3 is 2.43 bits per heavy atom. The summed E-state index contributed by atoms with van der Waals surface area (Å²) in [6, 6.07) is 15.7. The Morgan fingerprint density at radius 2 is 1.77 bits per heavy atom. The van der Waals surface area contributed by atoms with Crippen molar-refractivity contribution in [3.05, 3.63) is 65.4 Å². The zero-order valence-corrected chi connectivity index (χ0v) is 18.1. The lowest BCUT2D eigenvalue weighted by Gasteiger charge is -2.20. The van der Waals surface area contributed by atoms with Gasteiger partial charge in [-0.3, -0.25) is 4.79 Å². The summed E-state index contributed by atoms with van der Waals surface area (Å²) in [5.74, 6) is 1.44. The van der Waals surface area contributed by atoms with Crippen LogP contribution in [0.2, 0.25) is 0 Å². The molecule has 1 amide bonds. The average Bonchev–Trinajstić information content (AvgIpc) is 3.35. The highest BCUT2D eigenvalue weighted by atomic mass is 16.5. The van der Waals surface area contributed by atoms with E-state index in [9.17, 15) is 4.79 Å². The molecule has 156 valence electrons. The number of aryl methyl sites for hydroxylation is 1. The molecule has 2 aromatic carbocycles.